The molecular formula is C20H24N2O4. The van der Waals surface area contributed by atoms with Crippen LogP contribution in [0.1, 0.15) is 11.1 Å². The van der Waals surface area contributed by atoms with E-state index in [9.17, 15) is 0 Å². The van der Waals surface area contributed by atoms with Gasteiger partial charge in [-0.25, -0.2) is 0 Å². The van der Waals surface area contributed by atoms with Gasteiger partial charge in [0, 0.05) is 0 Å². The van der Waals surface area contributed by atoms with Crippen molar-refractivity contribution in [3.63, 3.8) is 0 Å². The van der Waals surface area contributed by atoms with Crippen LogP contribution in [0.25, 0.3) is 0 Å². The Morgan fingerprint density at radius 1 is 0.923 bits per heavy atom. The lowest BCUT2D eigenvalue weighted by Crippen LogP contribution is -2.06. The van der Waals surface area contributed by atoms with Gasteiger partial charge in [-0.1, -0.05) is 18.7 Å². The van der Waals surface area contributed by atoms with Gasteiger partial charge in [0.2, 0.25) is 0 Å². The molecule has 2 aromatic carbocycles. The van der Waals surface area contributed by atoms with Gasteiger partial charge < -0.3 is 24.4 Å². The van der Waals surface area contributed by atoms with E-state index in [4.69, 9.17) is 18.9 Å². The molecule has 0 aliphatic heterocycles. The van der Waals surface area contributed by atoms with Crippen molar-refractivity contribution in [3.05, 3.63) is 60.2 Å². The molecule has 138 valence electrons. The Balaban J connectivity index is 1.97. The van der Waals surface area contributed by atoms with Crippen molar-refractivity contribution in [1.82, 2.24) is 5.43 Å². The van der Waals surface area contributed by atoms with Gasteiger partial charge >= 0.3 is 0 Å². The van der Waals surface area contributed by atoms with Crippen molar-refractivity contribution < 1.29 is 18.9 Å². The van der Waals surface area contributed by atoms with Crippen LogP contribution in [0.15, 0.2) is 54.2 Å². The first-order chi connectivity index (χ1) is 12.7. The summed E-state index contributed by atoms with van der Waals surface area (Å²) in [6, 6.07) is 11.3. The Labute approximate surface area is 154 Å². The molecule has 0 saturated carbocycles. The minimum absolute atomic E-state index is 0.427. The second kappa shape index (κ2) is 9.98. The fourth-order valence-corrected chi connectivity index (χ4v) is 2.28. The molecule has 26 heavy (non-hydrogen) atoms. The van der Waals surface area contributed by atoms with Gasteiger partial charge in [-0.15, -0.1) is 0 Å². The fraction of sp³-hybridized carbons (Fsp3) is 0.250. The van der Waals surface area contributed by atoms with Crippen molar-refractivity contribution in [3.8, 4) is 23.0 Å². The molecule has 2 rings (SSSR count). The van der Waals surface area contributed by atoms with Crippen LogP contribution < -0.4 is 24.4 Å². The number of methoxy groups -OCH3 is 3. The molecule has 0 unspecified atom stereocenters. The molecule has 2 aromatic rings. The smallest absolute Gasteiger partial charge is 0.161 e. The van der Waals surface area contributed by atoms with Crippen molar-refractivity contribution in [2.75, 3.05) is 27.9 Å². The Kier molecular flexibility index (Phi) is 7.36. The van der Waals surface area contributed by atoms with Crippen LogP contribution >= 0.6 is 0 Å². The number of hydrazone groups is 1. The third kappa shape index (κ3) is 5.17. The van der Waals surface area contributed by atoms with E-state index < -0.39 is 0 Å². The van der Waals surface area contributed by atoms with Gasteiger partial charge in [0.1, 0.15) is 6.61 Å². The molecule has 0 heterocycles. The molecule has 0 fully saturated rings. The SMILES string of the molecule is C=CCOc1ccc(/C=N/NCc2ccc(OC)c(OC)c2)cc1OC. The first kappa shape index (κ1) is 19.2. The van der Waals surface area contributed by atoms with E-state index in [1.165, 1.54) is 0 Å². The molecule has 6 nitrogen and oxygen atoms in total. The number of rotatable bonds is 10. The van der Waals surface area contributed by atoms with E-state index in [0.29, 0.717) is 36.1 Å². The summed E-state index contributed by atoms with van der Waals surface area (Å²) in [6.45, 7) is 4.63. The molecule has 0 bridgehead atoms. The van der Waals surface area contributed by atoms with Gasteiger partial charge in [-0.2, -0.15) is 5.10 Å². The highest BCUT2D eigenvalue weighted by Crippen LogP contribution is 2.28. The monoisotopic (exact) mass is 356 g/mol. The van der Waals surface area contributed by atoms with Crippen LogP contribution in [0.5, 0.6) is 23.0 Å². The van der Waals surface area contributed by atoms with Gasteiger partial charge in [-0.3, -0.25) is 0 Å². The Bertz CT molecular complexity index is 759. The quantitative estimate of drug-likeness (QED) is 0.402. The van der Waals surface area contributed by atoms with Gasteiger partial charge in [0.15, 0.2) is 23.0 Å². The minimum Gasteiger partial charge on any atom is -0.493 e. The lowest BCUT2D eigenvalue weighted by molar-refractivity contribution is 0.326. The molecule has 1 N–H and O–H groups in total. The highest BCUT2D eigenvalue weighted by atomic mass is 16.5. The van der Waals surface area contributed by atoms with E-state index >= 15 is 0 Å². The molecule has 0 atom stereocenters. The lowest BCUT2D eigenvalue weighted by atomic mass is 10.2. The summed E-state index contributed by atoms with van der Waals surface area (Å²) in [7, 11) is 4.83. The Hall–Kier alpha value is -3.15. The summed E-state index contributed by atoms with van der Waals surface area (Å²) < 4.78 is 21.4. The summed E-state index contributed by atoms with van der Waals surface area (Å²) >= 11 is 0. The topological polar surface area (TPSA) is 61.3 Å². The van der Waals surface area contributed by atoms with Crippen molar-refractivity contribution >= 4 is 6.21 Å². The van der Waals surface area contributed by atoms with Crippen LogP contribution in [0.4, 0.5) is 0 Å². The van der Waals surface area contributed by atoms with Gasteiger partial charge in [-0.05, 0) is 41.5 Å². The summed E-state index contributed by atoms with van der Waals surface area (Å²) in [5.74, 6) is 2.71. The second-order valence-electron chi connectivity index (χ2n) is 5.29. The normalized spacial score (nSPS) is 10.4. The van der Waals surface area contributed by atoms with E-state index in [2.05, 4.69) is 17.1 Å². The molecule has 0 spiro atoms. The van der Waals surface area contributed by atoms with E-state index in [-0.39, 0.29) is 0 Å². The molecule has 6 heteroatoms. The zero-order valence-electron chi connectivity index (χ0n) is 15.3. The minimum atomic E-state index is 0.427. The maximum atomic E-state index is 5.53. The number of benzene rings is 2. The van der Waals surface area contributed by atoms with Crippen molar-refractivity contribution in [2.45, 2.75) is 6.54 Å². The number of ether oxygens (including phenoxy) is 4. The molecule has 0 amide bonds. The van der Waals surface area contributed by atoms with Crippen LogP contribution in [0.2, 0.25) is 0 Å². The zero-order chi connectivity index (χ0) is 18.8. The highest BCUT2D eigenvalue weighted by Gasteiger charge is 2.05. The lowest BCUT2D eigenvalue weighted by Gasteiger charge is -2.10. The predicted molar refractivity (Wildman–Crippen MR) is 103 cm³/mol. The summed E-state index contributed by atoms with van der Waals surface area (Å²) in [5.41, 5.74) is 4.94. The average Bonchev–Trinajstić information content (AvgIpc) is 2.69. The fourth-order valence-electron chi connectivity index (χ4n) is 2.28. The number of nitrogens with one attached hydrogen (secondary N) is 1. The van der Waals surface area contributed by atoms with Crippen molar-refractivity contribution in [1.29, 1.82) is 0 Å². The maximum absolute atomic E-state index is 5.53. The number of hydrogen-bond acceptors (Lipinski definition) is 6. The summed E-state index contributed by atoms with van der Waals surface area (Å²) in [5, 5.41) is 4.24. The second-order valence-corrected chi connectivity index (χ2v) is 5.29. The molecule has 0 radical (unpaired) electrons. The molecular weight excluding hydrogens is 332 g/mol. The first-order valence-electron chi connectivity index (χ1n) is 8.10. The number of nitrogens with zero attached hydrogens (tertiary/aromatic N) is 1. The molecule has 0 saturated heterocycles. The van der Waals surface area contributed by atoms with E-state index in [0.717, 1.165) is 11.1 Å². The summed E-state index contributed by atoms with van der Waals surface area (Å²) in [6.07, 6.45) is 3.41. The van der Waals surface area contributed by atoms with Crippen LogP contribution in [0, 0.1) is 0 Å². The average molecular weight is 356 g/mol. The largest absolute Gasteiger partial charge is 0.493 e. The Morgan fingerprint density at radius 2 is 1.62 bits per heavy atom. The third-order valence-electron chi connectivity index (χ3n) is 3.58. The summed E-state index contributed by atoms with van der Waals surface area (Å²) in [4.78, 5) is 0. The third-order valence-corrected chi connectivity index (χ3v) is 3.58. The van der Waals surface area contributed by atoms with Crippen molar-refractivity contribution in [2.24, 2.45) is 5.10 Å². The van der Waals surface area contributed by atoms with Crippen LogP contribution in [-0.4, -0.2) is 34.2 Å². The number of hydrogen-bond donors (Lipinski definition) is 1. The van der Waals surface area contributed by atoms with Crippen LogP contribution in [0.3, 0.4) is 0 Å². The predicted octanol–water partition coefficient (Wildman–Crippen LogP) is 3.40. The van der Waals surface area contributed by atoms with E-state index in [1.54, 1.807) is 33.6 Å². The van der Waals surface area contributed by atoms with Crippen LogP contribution in [-0.2, 0) is 6.54 Å². The van der Waals surface area contributed by atoms with E-state index in [1.807, 2.05) is 36.4 Å². The van der Waals surface area contributed by atoms with Gasteiger partial charge in [0.25, 0.3) is 0 Å². The molecule has 0 aliphatic carbocycles. The standard InChI is InChI=1S/C20H24N2O4/c1-5-10-26-18-9-7-16(12-20(18)25-4)14-22-21-13-15-6-8-17(23-2)19(11-15)24-3/h5-9,11-12,14,21H,1,10,13H2,2-4H3/b22-14+. The Morgan fingerprint density at radius 3 is 2.31 bits per heavy atom. The highest BCUT2D eigenvalue weighted by molar-refractivity contribution is 5.80. The molecule has 0 aliphatic rings. The zero-order valence-corrected chi connectivity index (χ0v) is 15.3. The molecule has 0 aromatic heterocycles. The maximum Gasteiger partial charge on any atom is 0.161 e. The first-order valence-corrected chi connectivity index (χ1v) is 8.10. The van der Waals surface area contributed by atoms with Gasteiger partial charge in [0.05, 0.1) is 34.1 Å².